The fraction of sp³-hybridized carbons (Fsp3) is 0.353. The topological polar surface area (TPSA) is 52.8 Å². The molecular formula is C17H17ClN4OS. The number of ether oxygens (including phenoxy) is 1. The molecule has 0 saturated carbocycles. The van der Waals surface area contributed by atoms with E-state index in [0.29, 0.717) is 0 Å². The highest BCUT2D eigenvalue weighted by Gasteiger charge is 2.20. The summed E-state index contributed by atoms with van der Waals surface area (Å²) in [5, 5.41) is 1.64. The van der Waals surface area contributed by atoms with Crippen LogP contribution >= 0.6 is 23.4 Å². The molecule has 0 amide bonds. The average Bonchev–Trinajstić information content (AvgIpc) is 3.07. The van der Waals surface area contributed by atoms with Crippen molar-refractivity contribution in [2.45, 2.75) is 36.3 Å². The molecule has 0 aliphatic carbocycles. The van der Waals surface area contributed by atoms with Crippen molar-refractivity contribution in [3.63, 3.8) is 0 Å². The Bertz CT molecular complexity index is 830. The molecule has 1 atom stereocenters. The molecule has 24 heavy (non-hydrogen) atoms. The van der Waals surface area contributed by atoms with Crippen LogP contribution < -0.4 is 0 Å². The van der Waals surface area contributed by atoms with Gasteiger partial charge in [-0.15, -0.1) is 0 Å². The van der Waals surface area contributed by atoms with Crippen molar-refractivity contribution in [2.75, 3.05) is 6.61 Å². The standard InChI is InChI=1S/C17H17ClN4OS/c18-13-6-4-12(5-7-13)9-24-17-15-16(19-10-20-17)22(11-21-15)14-3-1-2-8-23-14/h4-7,10-11,14H,1-3,8-9H2/t14-/m0/s1. The molecule has 1 aromatic carbocycles. The summed E-state index contributed by atoms with van der Waals surface area (Å²) < 4.78 is 7.88. The SMILES string of the molecule is Clc1ccc(CSc2ncnc3c2ncn3[C@@H]2CCCCO2)cc1. The van der Waals surface area contributed by atoms with Gasteiger partial charge in [0.25, 0.3) is 0 Å². The van der Waals surface area contributed by atoms with Crippen LogP contribution in [0, 0.1) is 0 Å². The molecule has 0 spiro atoms. The summed E-state index contributed by atoms with van der Waals surface area (Å²) in [6.07, 6.45) is 6.76. The third kappa shape index (κ3) is 3.27. The predicted molar refractivity (Wildman–Crippen MR) is 95.2 cm³/mol. The molecule has 2 aromatic heterocycles. The highest BCUT2D eigenvalue weighted by Crippen LogP contribution is 2.30. The Labute approximate surface area is 149 Å². The number of fused-ring (bicyclic) bond motifs is 1. The van der Waals surface area contributed by atoms with Gasteiger partial charge in [0.1, 0.15) is 23.1 Å². The number of imidazole rings is 1. The molecule has 124 valence electrons. The number of hydrogen-bond acceptors (Lipinski definition) is 5. The Morgan fingerprint density at radius 1 is 1.17 bits per heavy atom. The zero-order valence-corrected chi connectivity index (χ0v) is 14.6. The third-order valence-electron chi connectivity index (χ3n) is 4.08. The van der Waals surface area contributed by atoms with Gasteiger partial charge < -0.3 is 4.74 Å². The lowest BCUT2D eigenvalue weighted by Crippen LogP contribution is -2.17. The van der Waals surface area contributed by atoms with Gasteiger partial charge in [-0.05, 0) is 37.0 Å². The van der Waals surface area contributed by atoms with Crippen LogP contribution in [0.1, 0.15) is 31.1 Å². The normalized spacial score (nSPS) is 18.1. The second kappa shape index (κ2) is 7.09. The highest BCUT2D eigenvalue weighted by molar-refractivity contribution is 7.98. The summed E-state index contributed by atoms with van der Waals surface area (Å²) in [4.78, 5) is 13.4. The van der Waals surface area contributed by atoms with E-state index in [9.17, 15) is 0 Å². The van der Waals surface area contributed by atoms with E-state index in [1.165, 1.54) is 12.0 Å². The fourth-order valence-corrected chi connectivity index (χ4v) is 3.85. The quantitative estimate of drug-likeness (QED) is 0.507. The minimum Gasteiger partial charge on any atom is -0.358 e. The molecule has 0 radical (unpaired) electrons. The van der Waals surface area contributed by atoms with Crippen LogP contribution in [-0.4, -0.2) is 26.1 Å². The summed E-state index contributed by atoms with van der Waals surface area (Å²) in [6, 6.07) is 7.87. The van der Waals surface area contributed by atoms with Crippen LogP contribution in [0.25, 0.3) is 11.2 Å². The maximum Gasteiger partial charge on any atom is 0.166 e. The highest BCUT2D eigenvalue weighted by atomic mass is 35.5. The van der Waals surface area contributed by atoms with Gasteiger partial charge in [-0.2, -0.15) is 0 Å². The first-order valence-electron chi connectivity index (χ1n) is 7.97. The summed E-state index contributed by atoms with van der Waals surface area (Å²) in [5.41, 5.74) is 2.88. The van der Waals surface area contributed by atoms with Gasteiger partial charge in [-0.1, -0.05) is 35.5 Å². The molecule has 0 bridgehead atoms. The molecule has 1 aliphatic rings. The Balaban J connectivity index is 1.57. The van der Waals surface area contributed by atoms with Crippen molar-refractivity contribution in [1.82, 2.24) is 19.5 Å². The van der Waals surface area contributed by atoms with Crippen molar-refractivity contribution < 1.29 is 4.74 Å². The van der Waals surface area contributed by atoms with Crippen LogP contribution in [-0.2, 0) is 10.5 Å². The second-order valence-corrected chi connectivity index (χ2v) is 7.14. The second-order valence-electron chi connectivity index (χ2n) is 5.74. The van der Waals surface area contributed by atoms with E-state index < -0.39 is 0 Å². The maximum absolute atomic E-state index is 5.93. The van der Waals surface area contributed by atoms with Crippen LogP contribution in [0.15, 0.2) is 41.9 Å². The number of aromatic nitrogens is 4. The number of nitrogens with zero attached hydrogens (tertiary/aromatic N) is 4. The first-order chi connectivity index (χ1) is 11.8. The zero-order chi connectivity index (χ0) is 16.4. The van der Waals surface area contributed by atoms with Gasteiger partial charge in [0, 0.05) is 17.4 Å². The molecule has 1 saturated heterocycles. The Kier molecular flexibility index (Phi) is 4.69. The predicted octanol–water partition coefficient (Wildman–Crippen LogP) is 4.47. The van der Waals surface area contributed by atoms with Gasteiger partial charge in [0.05, 0.1) is 6.33 Å². The van der Waals surface area contributed by atoms with E-state index >= 15 is 0 Å². The Morgan fingerprint density at radius 3 is 2.83 bits per heavy atom. The maximum atomic E-state index is 5.93. The van der Waals surface area contributed by atoms with E-state index in [0.717, 1.165) is 46.4 Å². The van der Waals surface area contributed by atoms with Gasteiger partial charge in [0.15, 0.2) is 5.65 Å². The number of thioether (sulfide) groups is 1. The first-order valence-corrected chi connectivity index (χ1v) is 9.34. The van der Waals surface area contributed by atoms with E-state index in [4.69, 9.17) is 16.3 Å². The number of halogens is 1. The lowest BCUT2D eigenvalue weighted by atomic mass is 10.2. The number of rotatable bonds is 4. The van der Waals surface area contributed by atoms with Crippen molar-refractivity contribution in [1.29, 1.82) is 0 Å². The Hall–Kier alpha value is -1.63. The number of benzene rings is 1. The molecule has 7 heteroatoms. The zero-order valence-electron chi connectivity index (χ0n) is 13.1. The summed E-state index contributed by atoms with van der Waals surface area (Å²) in [5.74, 6) is 0.816. The van der Waals surface area contributed by atoms with Gasteiger partial charge in [-0.3, -0.25) is 4.57 Å². The van der Waals surface area contributed by atoms with Crippen LogP contribution in [0.3, 0.4) is 0 Å². The van der Waals surface area contributed by atoms with Crippen molar-refractivity contribution in [3.05, 3.63) is 47.5 Å². The monoisotopic (exact) mass is 360 g/mol. The fourth-order valence-electron chi connectivity index (χ4n) is 2.82. The smallest absolute Gasteiger partial charge is 0.166 e. The van der Waals surface area contributed by atoms with E-state index in [2.05, 4.69) is 15.0 Å². The minimum absolute atomic E-state index is 0.0350. The van der Waals surface area contributed by atoms with Crippen LogP contribution in [0.5, 0.6) is 0 Å². The molecule has 4 rings (SSSR count). The lowest BCUT2D eigenvalue weighted by Gasteiger charge is -2.23. The van der Waals surface area contributed by atoms with E-state index in [1.54, 1.807) is 18.1 Å². The van der Waals surface area contributed by atoms with Gasteiger partial charge >= 0.3 is 0 Å². The molecule has 0 unspecified atom stereocenters. The summed E-state index contributed by atoms with van der Waals surface area (Å²) in [6.45, 7) is 0.799. The van der Waals surface area contributed by atoms with Crippen molar-refractivity contribution in [3.8, 4) is 0 Å². The molecule has 0 N–H and O–H groups in total. The number of hydrogen-bond donors (Lipinski definition) is 0. The van der Waals surface area contributed by atoms with Crippen LogP contribution in [0.4, 0.5) is 0 Å². The largest absolute Gasteiger partial charge is 0.358 e. The Morgan fingerprint density at radius 2 is 2.04 bits per heavy atom. The lowest BCUT2D eigenvalue weighted by molar-refractivity contribution is -0.0298. The minimum atomic E-state index is 0.0350. The molecule has 3 aromatic rings. The van der Waals surface area contributed by atoms with Crippen molar-refractivity contribution >= 4 is 34.5 Å². The average molecular weight is 361 g/mol. The molecule has 1 aliphatic heterocycles. The van der Waals surface area contributed by atoms with Crippen molar-refractivity contribution in [2.24, 2.45) is 0 Å². The summed E-state index contributed by atoms with van der Waals surface area (Å²) in [7, 11) is 0. The van der Waals surface area contributed by atoms with E-state index in [1.807, 2.05) is 35.2 Å². The third-order valence-corrected chi connectivity index (χ3v) is 5.38. The molecule has 5 nitrogen and oxygen atoms in total. The van der Waals surface area contributed by atoms with Gasteiger partial charge in [-0.25, -0.2) is 15.0 Å². The summed E-state index contributed by atoms with van der Waals surface area (Å²) >= 11 is 7.59. The van der Waals surface area contributed by atoms with E-state index in [-0.39, 0.29) is 6.23 Å². The van der Waals surface area contributed by atoms with Crippen LogP contribution in [0.2, 0.25) is 5.02 Å². The molecule has 3 heterocycles. The first kappa shape index (κ1) is 15.9. The van der Waals surface area contributed by atoms with Gasteiger partial charge in [0.2, 0.25) is 0 Å². The molecular weight excluding hydrogens is 344 g/mol. The molecule has 1 fully saturated rings.